The molecule has 1 aromatic heterocycles. The minimum Gasteiger partial charge on any atom is -0.477 e. The second-order valence-corrected chi connectivity index (χ2v) is 6.11. The zero-order valence-corrected chi connectivity index (χ0v) is 22.9. The largest absolute Gasteiger partial charge is 1.00 e. The molecule has 0 bridgehead atoms. The minimum absolute atomic E-state index is 0. The van der Waals surface area contributed by atoms with Gasteiger partial charge in [-0.2, -0.15) is 5.10 Å². The van der Waals surface area contributed by atoms with E-state index in [0.717, 1.165) is 0 Å². The molecular formula is C17H24CsN3O7. The van der Waals surface area contributed by atoms with E-state index in [4.69, 9.17) is 19.7 Å². The van der Waals surface area contributed by atoms with Crippen LogP contribution >= 0.6 is 0 Å². The predicted molar refractivity (Wildman–Crippen MR) is 98.0 cm³/mol. The molecule has 0 saturated heterocycles. The number of carboxylic acids is 1. The molecule has 0 aliphatic rings. The third-order valence-electron chi connectivity index (χ3n) is 2.84. The summed E-state index contributed by atoms with van der Waals surface area (Å²) in [5, 5.41) is 30.7. The molecular weight excluding hydrogens is 491 g/mol. The molecule has 2 rings (SSSR count). The molecule has 0 spiro atoms. The van der Waals surface area contributed by atoms with E-state index in [2.05, 4.69) is 10.4 Å². The van der Waals surface area contributed by atoms with E-state index in [-0.39, 0.29) is 95.1 Å². The number of nitrogens with one attached hydrogen (secondary N) is 1. The molecule has 11 heteroatoms. The van der Waals surface area contributed by atoms with Crippen LogP contribution in [0.15, 0.2) is 24.3 Å². The maximum absolute atomic E-state index is 11.6. The van der Waals surface area contributed by atoms with Crippen molar-refractivity contribution < 1.29 is 103 Å². The maximum Gasteiger partial charge on any atom is 1.00 e. The molecule has 0 fully saturated rings. The van der Waals surface area contributed by atoms with Crippen LogP contribution in [0, 0.1) is 7.43 Å². The summed E-state index contributed by atoms with van der Waals surface area (Å²) in [4.78, 5) is 31.5. The second kappa shape index (κ2) is 13.1. The van der Waals surface area contributed by atoms with Crippen molar-refractivity contribution in [3.8, 4) is 0 Å². The van der Waals surface area contributed by atoms with Gasteiger partial charge < -0.3 is 32.8 Å². The van der Waals surface area contributed by atoms with Crippen molar-refractivity contribution in [1.29, 1.82) is 0 Å². The topological polar surface area (TPSA) is 151 Å². The van der Waals surface area contributed by atoms with Gasteiger partial charge >= 0.3 is 87.1 Å². The van der Waals surface area contributed by atoms with Gasteiger partial charge in [0.2, 0.25) is 0 Å². The number of aromatic carboxylic acids is 1. The summed E-state index contributed by atoms with van der Waals surface area (Å²) in [6.07, 6.45) is -2.37. The summed E-state index contributed by atoms with van der Waals surface area (Å²) in [6, 6.07) is 7.02. The molecule has 1 aromatic carbocycles. The summed E-state index contributed by atoms with van der Waals surface area (Å²) in [7, 11) is 0. The molecule has 0 atom stereocenters. The van der Waals surface area contributed by atoms with E-state index < -0.39 is 23.8 Å². The Morgan fingerprint density at radius 3 is 2.18 bits per heavy atom. The molecule has 2 aromatic rings. The number of alkyl carbamates (subject to hydrolysis) is 1. The Hall–Kier alpha value is -1.25. The normalized spacial score (nSPS) is 9.82. The zero-order valence-electron chi connectivity index (χ0n) is 16.6. The fraction of sp³-hybridized carbons (Fsp3) is 0.353. The number of carbonyl (C=O) groups is 3. The van der Waals surface area contributed by atoms with Gasteiger partial charge in [-0.25, -0.2) is 14.4 Å². The van der Waals surface area contributed by atoms with Crippen molar-refractivity contribution in [2.45, 2.75) is 32.9 Å². The summed E-state index contributed by atoms with van der Waals surface area (Å²) < 4.78 is 6.50. The first kappa shape index (κ1) is 29.0. The molecule has 0 radical (unpaired) electrons. The Balaban J connectivity index is 0. The monoisotopic (exact) mass is 515 g/mol. The second-order valence-electron chi connectivity index (χ2n) is 6.11. The molecule has 150 valence electrons. The standard InChI is InChI=1S/C15H19N3O4.CH2O3.CH3.Cs/c1-15(2,3)22-14(21)16-8-9-18-12(13(19)20)10-6-4-5-7-11(10)17-18;2-1(3)4;;/h4-7H,8-9H2,1-3H3,(H,16,21)(H,19,20);(H2,2,3,4);1H3;/q;;-1;+1. The van der Waals surface area contributed by atoms with Crippen molar-refractivity contribution >= 4 is 29.1 Å². The van der Waals surface area contributed by atoms with Crippen molar-refractivity contribution in [3.63, 3.8) is 0 Å². The first-order valence-corrected chi connectivity index (χ1v) is 7.59. The quantitative estimate of drug-likeness (QED) is 0.414. The summed E-state index contributed by atoms with van der Waals surface area (Å²) in [5.74, 6) is -1.05. The van der Waals surface area contributed by atoms with Gasteiger partial charge in [0.25, 0.3) is 0 Å². The fourth-order valence-corrected chi connectivity index (χ4v) is 2.05. The third-order valence-corrected chi connectivity index (χ3v) is 2.84. The van der Waals surface area contributed by atoms with Gasteiger partial charge in [-0.3, -0.25) is 4.68 Å². The number of fused-ring (bicyclic) bond motifs is 1. The van der Waals surface area contributed by atoms with E-state index in [1.54, 1.807) is 45.0 Å². The van der Waals surface area contributed by atoms with Gasteiger partial charge in [-0.1, -0.05) is 18.2 Å². The first-order valence-electron chi connectivity index (χ1n) is 7.59. The van der Waals surface area contributed by atoms with Crippen LogP contribution in [-0.4, -0.2) is 55.5 Å². The average molecular weight is 515 g/mol. The van der Waals surface area contributed by atoms with Crippen LogP contribution in [0.25, 0.3) is 10.9 Å². The zero-order chi connectivity index (χ0) is 19.9. The van der Waals surface area contributed by atoms with Gasteiger partial charge in [-0.05, 0) is 26.8 Å². The van der Waals surface area contributed by atoms with Gasteiger partial charge in [-0.15, -0.1) is 0 Å². The Morgan fingerprint density at radius 1 is 1.14 bits per heavy atom. The average Bonchev–Trinajstić information content (AvgIpc) is 2.82. The smallest absolute Gasteiger partial charge is 0.477 e. The van der Waals surface area contributed by atoms with E-state index in [0.29, 0.717) is 10.9 Å². The van der Waals surface area contributed by atoms with Crippen LogP contribution in [-0.2, 0) is 11.3 Å². The maximum atomic E-state index is 11.6. The number of carboxylic acid groups (broad SMARTS) is 3. The number of rotatable bonds is 4. The molecule has 4 N–H and O–H groups in total. The van der Waals surface area contributed by atoms with E-state index in [9.17, 15) is 14.7 Å². The van der Waals surface area contributed by atoms with Crippen LogP contribution in [0.2, 0.25) is 0 Å². The van der Waals surface area contributed by atoms with E-state index in [1.807, 2.05) is 0 Å². The van der Waals surface area contributed by atoms with Crippen LogP contribution < -0.4 is 74.2 Å². The number of amides is 1. The van der Waals surface area contributed by atoms with Crippen molar-refractivity contribution in [1.82, 2.24) is 15.1 Å². The number of hydrogen-bond donors (Lipinski definition) is 4. The van der Waals surface area contributed by atoms with E-state index >= 15 is 0 Å². The molecule has 10 nitrogen and oxygen atoms in total. The third kappa shape index (κ3) is 10.3. The van der Waals surface area contributed by atoms with Crippen LogP contribution in [0.5, 0.6) is 0 Å². The summed E-state index contributed by atoms with van der Waals surface area (Å²) in [6.45, 7) is 5.79. The Morgan fingerprint density at radius 2 is 1.68 bits per heavy atom. The summed E-state index contributed by atoms with van der Waals surface area (Å²) >= 11 is 0. The van der Waals surface area contributed by atoms with Crippen molar-refractivity contribution in [2.24, 2.45) is 0 Å². The van der Waals surface area contributed by atoms with Crippen molar-refractivity contribution in [3.05, 3.63) is 37.4 Å². The molecule has 0 saturated carbocycles. The Labute approximate surface area is 221 Å². The molecule has 28 heavy (non-hydrogen) atoms. The minimum atomic E-state index is -1.83. The van der Waals surface area contributed by atoms with Gasteiger partial charge in [0.05, 0.1) is 12.1 Å². The fourth-order valence-electron chi connectivity index (χ4n) is 2.05. The van der Waals surface area contributed by atoms with Gasteiger partial charge in [0.1, 0.15) is 5.60 Å². The number of hydrogen-bond acceptors (Lipinski definition) is 5. The van der Waals surface area contributed by atoms with Crippen LogP contribution in [0.1, 0.15) is 31.3 Å². The first-order chi connectivity index (χ1) is 12.0. The SMILES string of the molecule is CC(C)(C)OC(=O)NCCn1nc2ccccc2c1C(=O)O.O=C(O)O.[CH3-].[Cs+]. The Kier molecular flexibility index (Phi) is 13.5. The summed E-state index contributed by atoms with van der Waals surface area (Å²) in [5.41, 5.74) is 0.148. The number of nitrogens with zero attached hydrogens (tertiary/aromatic N) is 2. The molecule has 0 unspecified atom stereocenters. The van der Waals surface area contributed by atoms with Crippen LogP contribution in [0.4, 0.5) is 9.59 Å². The Bertz CT molecular complexity index is 796. The molecule has 0 aliphatic heterocycles. The van der Waals surface area contributed by atoms with Gasteiger partial charge in [0, 0.05) is 11.9 Å². The molecule has 1 amide bonds. The molecule has 0 aliphatic carbocycles. The number of benzene rings is 1. The van der Waals surface area contributed by atoms with E-state index in [1.165, 1.54) is 4.68 Å². The number of ether oxygens (including phenoxy) is 1. The number of carbonyl (C=O) groups excluding carboxylic acids is 1. The van der Waals surface area contributed by atoms with Crippen LogP contribution in [0.3, 0.4) is 0 Å². The molecule has 1 heterocycles. The van der Waals surface area contributed by atoms with Gasteiger partial charge in [0.15, 0.2) is 5.69 Å². The predicted octanol–water partition coefficient (Wildman–Crippen LogP) is -0.0641. The number of aromatic nitrogens is 2. The van der Waals surface area contributed by atoms with Crippen molar-refractivity contribution in [2.75, 3.05) is 6.54 Å².